The Kier molecular flexibility index (Phi) is 8.13. The molecule has 0 aliphatic carbocycles. The van der Waals surface area contributed by atoms with Crippen molar-refractivity contribution in [2.45, 2.75) is 24.9 Å². The minimum atomic E-state index is -3.93. The van der Waals surface area contributed by atoms with Crippen molar-refractivity contribution in [3.05, 3.63) is 94.5 Å². The van der Waals surface area contributed by atoms with Crippen LogP contribution in [0.3, 0.4) is 0 Å². The monoisotopic (exact) mass is 486 g/mol. The van der Waals surface area contributed by atoms with Crippen LogP contribution in [-0.2, 0) is 27.9 Å². The maximum Gasteiger partial charge on any atom is 0.243 e. The Hall–Kier alpha value is -2.87. The Balaban J connectivity index is 1.83. The number of benzene rings is 3. The molecule has 0 atom stereocenters. The number of carbonyl (C=O) groups excluding carboxylic acids is 1. The summed E-state index contributed by atoms with van der Waals surface area (Å²) in [4.78, 5) is 14.6. The Morgan fingerprint density at radius 2 is 1.61 bits per heavy atom. The number of aryl methyl sites for hydroxylation is 1. The lowest BCUT2D eigenvalue weighted by atomic mass is 10.1. The summed E-state index contributed by atoms with van der Waals surface area (Å²) in [6.45, 7) is 2.08. The summed E-state index contributed by atoms with van der Waals surface area (Å²) in [7, 11) is -0.678. The summed E-state index contributed by atoms with van der Waals surface area (Å²) in [6.07, 6.45) is 0. The number of methoxy groups -OCH3 is 1. The lowest BCUT2D eigenvalue weighted by Gasteiger charge is -2.25. The third-order valence-electron chi connectivity index (χ3n) is 5.21. The number of amides is 1. The predicted molar refractivity (Wildman–Crippen MR) is 130 cm³/mol. The molecule has 0 radical (unpaired) electrons. The normalized spacial score (nSPS) is 11.4. The van der Waals surface area contributed by atoms with Gasteiger partial charge in [0.1, 0.15) is 5.75 Å². The number of hydrogen-bond acceptors (Lipinski definition) is 4. The van der Waals surface area contributed by atoms with E-state index in [1.54, 1.807) is 14.2 Å². The van der Waals surface area contributed by atoms with Crippen LogP contribution in [0.5, 0.6) is 5.75 Å². The predicted octanol–water partition coefficient (Wildman–Crippen LogP) is 4.51. The smallest absolute Gasteiger partial charge is 0.243 e. The molecule has 33 heavy (non-hydrogen) atoms. The number of halogens is 1. The topological polar surface area (TPSA) is 66.9 Å². The first-order valence-electron chi connectivity index (χ1n) is 10.4. The molecule has 174 valence electrons. The average molecular weight is 487 g/mol. The van der Waals surface area contributed by atoms with E-state index in [9.17, 15) is 13.2 Å². The van der Waals surface area contributed by atoms with Crippen molar-refractivity contribution < 1.29 is 17.9 Å². The summed E-state index contributed by atoms with van der Waals surface area (Å²) in [5, 5.41) is 0.439. The van der Waals surface area contributed by atoms with Gasteiger partial charge in [0.25, 0.3) is 0 Å². The zero-order valence-corrected chi connectivity index (χ0v) is 20.4. The number of rotatable bonds is 9. The summed E-state index contributed by atoms with van der Waals surface area (Å²) < 4.78 is 33.2. The van der Waals surface area contributed by atoms with Crippen molar-refractivity contribution in [1.29, 1.82) is 0 Å². The quantitative estimate of drug-likeness (QED) is 0.446. The highest BCUT2D eigenvalue weighted by molar-refractivity contribution is 7.89. The molecule has 3 rings (SSSR count). The fraction of sp³-hybridized carbons (Fsp3) is 0.240. The largest absolute Gasteiger partial charge is 0.497 e. The van der Waals surface area contributed by atoms with E-state index < -0.39 is 10.0 Å². The minimum absolute atomic E-state index is 0.0781. The fourth-order valence-electron chi connectivity index (χ4n) is 3.36. The van der Waals surface area contributed by atoms with Gasteiger partial charge in [0.2, 0.25) is 15.9 Å². The number of carbonyl (C=O) groups is 1. The molecule has 0 fully saturated rings. The second-order valence-corrected chi connectivity index (χ2v) is 10.2. The Bertz CT molecular complexity index is 1200. The molecule has 0 N–H and O–H groups in total. The van der Waals surface area contributed by atoms with Gasteiger partial charge in [-0.15, -0.1) is 0 Å². The maximum atomic E-state index is 13.4. The second-order valence-electron chi connectivity index (χ2n) is 7.81. The first-order chi connectivity index (χ1) is 15.7. The molecule has 6 nitrogen and oxygen atoms in total. The van der Waals surface area contributed by atoms with Gasteiger partial charge in [-0.2, -0.15) is 4.31 Å². The maximum absolute atomic E-state index is 13.4. The van der Waals surface area contributed by atoms with E-state index in [1.165, 1.54) is 33.5 Å². The van der Waals surface area contributed by atoms with Gasteiger partial charge < -0.3 is 9.64 Å². The van der Waals surface area contributed by atoms with Gasteiger partial charge in [-0.05, 0) is 54.4 Å². The number of hydrogen-bond donors (Lipinski definition) is 0. The SMILES string of the molecule is COc1ccc(CN(C)C(=O)CN(Cc2cccc(C)c2)S(=O)(=O)c2ccc(Cl)cc2)cc1. The van der Waals surface area contributed by atoms with Crippen LogP contribution in [0.25, 0.3) is 0 Å². The lowest BCUT2D eigenvalue weighted by molar-refractivity contribution is -0.130. The van der Waals surface area contributed by atoms with Crippen molar-refractivity contribution >= 4 is 27.5 Å². The summed E-state index contributed by atoms with van der Waals surface area (Å²) in [5.41, 5.74) is 2.73. The average Bonchev–Trinajstić information content (AvgIpc) is 2.79. The molecule has 8 heteroatoms. The number of nitrogens with zero attached hydrogens (tertiary/aromatic N) is 2. The van der Waals surface area contributed by atoms with Gasteiger partial charge in [0, 0.05) is 25.2 Å². The van der Waals surface area contributed by atoms with Crippen LogP contribution in [-0.4, -0.2) is 44.2 Å². The lowest BCUT2D eigenvalue weighted by Crippen LogP contribution is -2.40. The van der Waals surface area contributed by atoms with Crippen molar-refractivity contribution in [1.82, 2.24) is 9.21 Å². The van der Waals surface area contributed by atoms with E-state index in [1.807, 2.05) is 55.5 Å². The molecule has 0 unspecified atom stereocenters. The highest BCUT2D eigenvalue weighted by Gasteiger charge is 2.28. The van der Waals surface area contributed by atoms with Crippen molar-refractivity contribution in [2.75, 3.05) is 20.7 Å². The van der Waals surface area contributed by atoms with Gasteiger partial charge in [-0.1, -0.05) is 53.6 Å². The number of sulfonamides is 1. The van der Waals surface area contributed by atoms with E-state index in [2.05, 4.69) is 0 Å². The summed E-state index contributed by atoms with van der Waals surface area (Å²) in [6, 6.07) is 20.9. The standard InChI is InChI=1S/C25H27ClN2O4S/c1-19-5-4-6-21(15-19)17-28(33(30,31)24-13-9-22(26)10-14-24)18-25(29)27(2)16-20-7-11-23(32-3)12-8-20/h4-15H,16-18H2,1-3H3. The molecule has 3 aromatic rings. The van der Waals surface area contributed by atoms with E-state index in [0.29, 0.717) is 11.6 Å². The van der Waals surface area contributed by atoms with E-state index in [0.717, 1.165) is 22.4 Å². The number of likely N-dealkylation sites (N-methyl/N-ethyl adjacent to an activating group) is 1. The second kappa shape index (κ2) is 10.8. The molecular formula is C25H27ClN2O4S. The molecule has 0 aromatic heterocycles. The van der Waals surface area contributed by atoms with Crippen molar-refractivity contribution in [3.63, 3.8) is 0 Å². The van der Waals surface area contributed by atoms with Gasteiger partial charge in [0.15, 0.2) is 0 Å². The van der Waals surface area contributed by atoms with Gasteiger partial charge in [-0.3, -0.25) is 4.79 Å². The highest BCUT2D eigenvalue weighted by Crippen LogP contribution is 2.21. The molecule has 3 aromatic carbocycles. The molecule has 0 spiro atoms. The molecular weight excluding hydrogens is 460 g/mol. The highest BCUT2D eigenvalue weighted by atomic mass is 35.5. The molecule has 0 heterocycles. The van der Waals surface area contributed by atoms with E-state index in [-0.39, 0.29) is 23.9 Å². The van der Waals surface area contributed by atoms with Gasteiger partial charge in [-0.25, -0.2) is 8.42 Å². The van der Waals surface area contributed by atoms with Crippen molar-refractivity contribution in [3.8, 4) is 5.75 Å². The summed E-state index contributed by atoms with van der Waals surface area (Å²) in [5.74, 6) is 0.419. The third-order valence-corrected chi connectivity index (χ3v) is 7.27. The molecule has 0 aliphatic heterocycles. The van der Waals surface area contributed by atoms with Crippen LogP contribution in [0.1, 0.15) is 16.7 Å². The van der Waals surface area contributed by atoms with Crippen LogP contribution >= 0.6 is 11.6 Å². The molecule has 0 saturated carbocycles. The minimum Gasteiger partial charge on any atom is -0.497 e. The zero-order valence-electron chi connectivity index (χ0n) is 18.9. The van der Waals surface area contributed by atoms with Crippen LogP contribution in [0.4, 0.5) is 0 Å². The Morgan fingerprint density at radius 1 is 0.939 bits per heavy atom. The van der Waals surface area contributed by atoms with Gasteiger partial charge in [0.05, 0.1) is 18.6 Å². The van der Waals surface area contributed by atoms with E-state index >= 15 is 0 Å². The summed E-state index contributed by atoms with van der Waals surface area (Å²) >= 11 is 5.93. The van der Waals surface area contributed by atoms with E-state index in [4.69, 9.17) is 16.3 Å². The molecule has 1 amide bonds. The van der Waals surface area contributed by atoms with Crippen LogP contribution < -0.4 is 4.74 Å². The van der Waals surface area contributed by atoms with Crippen LogP contribution in [0.15, 0.2) is 77.7 Å². The first kappa shape index (κ1) is 24.8. The fourth-order valence-corrected chi connectivity index (χ4v) is 4.86. The van der Waals surface area contributed by atoms with Crippen molar-refractivity contribution in [2.24, 2.45) is 0 Å². The molecule has 0 aliphatic rings. The Labute approximate surface area is 200 Å². The van der Waals surface area contributed by atoms with Crippen LogP contribution in [0, 0.1) is 6.92 Å². The van der Waals surface area contributed by atoms with Crippen LogP contribution in [0.2, 0.25) is 5.02 Å². The first-order valence-corrected chi connectivity index (χ1v) is 12.2. The number of ether oxygens (including phenoxy) is 1. The zero-order chi connectivity index (χ0) is 24.0. The third kappa shape index (κ3) is 6.57. The molecule has 0 bridgehead atoms. The van der Waals surface area contributed by atoms with Gasteiger partial charge >= 0.3 is 0 Å². The molecule has 0 saturated heterocycles. The Morgan fingerprint density at radius 3 is 2.21 bits per heavy atom.